The smallest absolute Gasteiger partial charge is 0.293 e. The fourth-order valence-corrected chi connectivity index (χ4v) is 5.38. The molecule has 3 aromatic rings. The number of ether oxygens (including phenoxy) is 3. The molecule has 1 saturated heterocycles. The highest BCUT2D eigenvalue weighted by molar-refractivity contribution is 9.10. The number of amides is 2. The van der Waals surface area contributed by atoms with Crippen molar-refractivity contribution in [1.29, 1.82) is 0 Å². The third-order valence-electron chi connectivity index (χ3n) is 5.22. The Kier molecular flexibility index (Phi) is 9.43. The Hall–Kier alpha value is -2.65. The molecule has 0 saturated carbocycles. The first-order valence-corrected chi connectivity index (χ1v) is 13.7. The number of imide groups is 1. The Morgan fingerprint density at radius 3 is 2.51 bits per heavy atom. The van der Waals surface area contributed by atoms with Gasteiger partial charge < -0.3 is 14.2 Å². The lowest BCUT2D eigenvalue weighted by atomic mass is 10.1. The molecule has 4 rings (SSSR count). The van der Waals surface area contributed by atoms with E-state index in [-0.39, 0.29) is 30.9 Å². The van der Waals surface area contributed by atoms with Crippen molar-refractivity contribution in [2.45, 2.75) is 13.5 Å². The van der Waals surface area contributed by atoms with Gasteiger partial charge in [0.05, 0.1) is 22.5 Å². The summed E-state index contributed by atoms with van der Waals surface area (Å²) < 4.78 is 18.1. The van der Waals surface area contributed by atoms with Crippen LogP contribution in [0, 0.1) is 0 Å². The Labute approximate surface area is 237 Å². The van der Waals surface area contributed by atoms with E-state index in [0.717, 1.165) is 17.3 Å². The molecule has 1 heterocycles. The zero-order chi connectivity index (χ0) is 26.4. The van der Waals surface area contributed by atoms with E-state index in [2.05, 4.69) is 15.9 Å². The van der Waals surface area contributed by atoms with Crippen molar-refractivity contribution >= 4 is 68.1 Å². The summed E-state index contributed by atoms with van der Waals surface area (Å²) in [6, 6.07) is 18.0. The molecule has 0 radical (unpaired) electrons. The Morgan fingerprint density at radius 1 is 1.00 bits per heavy atom. The molecule has 0 N–H and O–H groups in total. The standard InChI is InChI=1S/C27H22BrCl2NO5S/c1-2-34-23-13-17(12-21(28)25(23)36-16-18-8-9-19(29)15-22(18)30)14-24-26(32)31(27(33)37-24)10-11-35-20-6-4-3-5-7-20/h3-9,12-15H,2,10-11,16H2,1H3/b24-14-. The second-order valence-corrected chi connectivity index (χ2v) is 10.5. The lowest BCUT2D eigenvalue weighted by molar-refractivity contribution is -0.123. The molecule has 0 aromatic heterocycles. The van der Waals surface area contributed by atoms with Gasteiger partial charge >= 0.3 is 0 Å². The van der Waals surface area contributed by atoms with Crippen LogP contribution in [0.25, 0.3) is 6.08 Å². The van der Waals surface area contributed by atoms with Crippen LogP contribution < -0.4 is 14.2 Å². The number of hydrogen-bond acceptors (Lipinski definition) is 6. The maximum absolute atomic E-state index is 12.9. The number of nitrogens with zero attached hydrogens (tertiary/aromatic N) is 1. The van der Waals surface area contributed by atoms with Crippen LogP contribution in [0.1, 0.15) is 18.1 Å². The molecule has 0 bridgehead atoms. The van der Waals surface area contributed by atoms with Gasteiger partial charge in [0.2, 0.25) is 0 Å². The van der Waals surface area contributed by atoms with Crippen LogP contribution in [0.5, 0.6) is 17.2 Å². The summed E-state index contributed by atoms with van der Waals surface area (Å²) in [5, 5.41) is 0.710. The quantitative estimate of drug-likeness (QED) is 0.215. The van der Waals surface area contributed by atoms with E-state index in [0.29, 0.717) is 48.8 Å². The van der Waals surface area contributed by atoms with Crippen LogP contribution in [0.3, 0.4) is 0 Å². The molecule has 1 fully saturated rings. The lowest BCUT2D eigenvalue weighted by Gasteiger charge is -2.15. The summed E-state index contributed by atoms with van der Waals surface area (Å²) in [4.78, 5) is 26.9. The zero-order valence-electron chi connectivity index (χ0n) is 19.7. The summed E-state index contributed by atoms with van der Waals surface area (Å²) in [6.45, 7) is 2.84. The molecule has 37 heavy (non-hydrogen) atoms. The van der Waals surface area contributed by atoms with Gasteiger partial charge in [-0.2, -0.15) is 0 Å². The zero-order valence-corrected chi connectivity index (χ0v) is 23.6. The molecular weight excluding hydrogens is 601 g/mol. The van der Waals surface area contributed by atoms with Gasteiger partial charge in [0.1, 0.15) is 19.0 Å². The summed E-state index contributed by atoms with van der Waals surface area (Å²) >= 11 is 16.7. The SMILES string of the molecule is CCOc1cc(/C=C2\SC(=O)N(CCOc3ccccc3)C2=O)cc(Br)c1OCc1ccc(Cl)cc1Cl. The van der Waals surface area contributed by atoms with Gasteiger partial charge in [0.25, 0.3) is 11.1 Å². The number of hydrogen-bond donors (Lipinski definition) is 0. The minimum atomic E-state index is -0.363. The molecule has 2 amide bonds. The fourth-order valence-electron chi connectivity index (χ4n) is 3.48. The van der Waals surface area contributed by atoms with Crippen molar-refractivity contribution < 1.29 is 23.8 Å². The van der Waals surface area contributed by atoms with Crippen molar-refractivity contribution in [3.8, 4) is 17.2 Å². The van der Waals surface area contributed by atoms with E-state index >= 15 is 0 Å². The van der Waals surface area contributed by atoms with E-state index < -0.39 is 0 Å². The molecule has 0 spiro atoms. The van der Waals surface area contributed by atoms with Gasteiger partial charge in [0, 0.05) is 15.6 Å². The molecule has 6 nitrogen and oxygen atoms in total. The molecule has 192 valence electrons. The van der Waals surface area contributed by atoms with E-state index in [1.807, 2.05) is 37.3 Å². The molecule has 0 aliphatic carbocycles. The minimum Gasteiger partial charge on any atom is -0.492 e. The summed E-state index contributed by atoms with van der Waals surface area (Å²) in [7, 11) is 0. The predicted octanol–water partition coefficient (Wildman–Crippen LogP) is 7.85. The third kappa shape index (κ3) is 7.02. The average molecular weight is 623 g/mol. The second kappa shape index (κ2) is 12.7. The lowest BCUT2D eigenvalue weighted by Crippen LogP contribution is -2.32. The van der Waals surface area contributed by atoms with E-state index in [9.17, 15) is 9.59 Å². The highest BCUT2D eigenvalue weighted by Crippen LogP contribution is 2.40. The normalized spacial score (nSPS) is 14.4. The van der Waals surface area contributed by atoms with Crippen LogP contribution >= 0.6 is 50.9 Å². The van der Waals surface area contributed by atoms with Crippen LogP contribution in [0.15, 0.2) is 70.0 Å². The molecule has 1 aliphatic rings. The van der Waals surface area contributed by atoms with E-state index in [4.69, 9.17) is 37.4 Å². The van der Waals surface area contributed by atoms with Crippen LogP contribution in [0.2, 0.25) is 10.0 Å². The maximum Gasteiger partial charge on any atom is 0.293 e. The molecule has 1 aliphatic heterocycles. The van der Waals surface area contributed by atoms with Crippen molar-refractivity contribution in [3.63, 3.8) is 0 Å². The highest BCUT2D eigenvalue weighted by Gasteiger charge is 2.35. The van der Waals surface area contributed by atoms with Gasteiger partial charge in [-0.1, -0.05) is 47.5 Å². The molecular formula is C27H22BrCl2NO5S. The molecule has 3 aromatic carbocycles. The molecule has 0 unspecified atom stereocenters. The van der Waals surface area contributed by atoms with Crippen LogP contribution in [-0.4, -0.2) is 35.8 Å². The first-order chi connectivity index (χ1) is 17.9. The monoisotopic (exact) mass is 621 g/mol. The maximum atomic E-state index is 12.9. The Balaban J connectivity index is 1.47. The van der Waals surface area contributed by atoms with Gasteiger partial charge in [-0.05, 0) is 82.7 Å². The Bertz CT molecular complexity index is 1340. The van der Waals surface area contributed by atoms with Gasteiger partial charge in [-0.25, -0.2) is 0 Å². The highest BCUT2D eigenvalue weighted by atomic mass is 79.9. The van der Waals surface area contributed by atoms with Crippen molar-refractivity contribution in [3.05, 3.63) is 91.2 Å². The number of carbonyl (C=O) groups is 2. The minimum absolute atomic E-state index is 0.158. The number of carbonyl (C=O) groups excluding carboxylic acids is 2. The first-order valence-electron chi connectivity index (χ1n) is 11.3. The number of benzene rings is 3. The fraction of sp³-hybridized carbons (Fsp3) is 0.185. The van der Waals surface area contributed by atoms with Gasteiger partial charge in [-0.3, -0.25) is 14.5 Å². The van der Waals surface area contributed by atoms with Gasteiger partial charge in [-0.15, -0.1) is 0 Å². The third-order valence-corrected chi connectivity index (χ3v) is 7.30. The van der Waals surface area contributed by atoms with Crippen molar-refractivity contribution in [2.24, 2.45) is 0 Å². The summed E-state index contributed by atoms with van der Waals surface area (Å²) in [6.07, 6.45) is 1.66. The number of rotatable bonds is 10. The average Bonchev–Trinajstić information content (AvgIpc) is 3.12. The van der Waals surface area contributed by atoms with Gasteiger partial charge in [0.15, 0.2) is 11.5 Å². The largest absolute Gasteiger partial charge is 0.492 e. The molecule has 0 atom stereocenters. The second-order valence-electron chi connectivity index (χ2n) is 7.78. The van der Waals surface area contributed by atoms with Crippen LogP contribution in [-0.2, 0) is 11.4 Å². The Morgan fingerprint density at radius 2 is 1.78 bits per heavy atom. The topological polar surface area (TPSA) is 65.1 Å². The van der Waals surface area contributed by atoms with Crippen molar-refractivity contribution in [1.82, 2.24) is 4.90 Å². The van der Waals surface area contributed by atoms with Crippen molar-refractivity contribution in [2.75, 3.05) is 19.8 Å². The summed E-state index contributed by atoms with van der Waals surface area (Å²) in [5.74, 6) is 1.30. The van der Waals surface area contributed by atoms with Crippen LogP contribution in [0.4, 0.5) is 4.79 Å². The predicted molar refractivity (Wildman–Crippen MR) is 151 cm³/mol. The first kappa shape index (κ1) is 27.4. The number of thioether (sulfide) groups is 1. The number of para-hydroxylation sites is 1. The van der Waals surface area contributed by atoms with E-state index in [1.165, 1.54) is 4.90 Å². The number of halogens is 3. The molecule has 10 heteroatoms. The van der Waals surface area contributed by atoms with E-state index in [1.54, 1.807) is 36.4 Å². The summed E-state index contributed by atoms with van der Waals surface area (Å²) in [5.41, 5.74) is 1.45.